The SMILES string of the molecule is N#CC[C@@H](CO)NC(=O)O. The highest BCUT2D eigenvalue weighted by atomic mass is 16.4. The maximum Gasteiger partial charge on any atom is 0.404 e. The number of carbonyl (C=O) groups is 1. The Labute approximate surface area is 57.9 Å². The number of carboxylic acid groups (broad SMARTS) is 1. The van der Waals surface area contributed by atoms with Gasteiger partial charge < -0.3 is 15.5 Å². The van der Waals surface area contributed by atoms with Crippen molar-refractivity contribution in [2.45, 2.75) is 12.5 Å². The Morgan fingerprint density at radius 1 is 1.80 bits per heavy atom. The molecule has 0 aromatic heterocycles. The van der Waals surface area contributed by atoms with E-state index in [4.69, 9.17) is 15.5 Å². The molecule has 0 aliphatic heterocycles. The molecule has 5 nitrogen and oxygen atoms in total. The summed E-state index contributed by atoms with van der Waals surface area (Å²) in [5, 5.41) is 26.6. The first-order valence-electron chi connectivity index (χ1n) is 2.68. The van der Waals surface area contributed by atoms with Crippen molar-refractivity contribution in [2.24, 2.45) is 0 Å². The molecule has 0 bridgehead atoms. The number of nitrogens with zero attached hydrogens (tertiary/aromatic N) is 1. The highest BCUT2D eigenvalue weighted by Crippen LogP contribution is 1.87. The van der Waals surface area contributed by atoms with Crippen LogP contribution >= 0.6 is 0 Å². The zero-order chi connectivity index (χ0) is 7.98. The molecule has 0 aromatic rings. The normalized spacial score (nSPS) is 11.6. The summed E-state index contributed by atoms with van der Waals surface area (Å²) < 4.78 is 0. The number of nitriles is 1. The van der Waals surface area contributed by atoms with Gasteiger partial charge in [-0.2, -0.15) is 5.26 Å². The Hall–Kier alpha value is -1.28. The van der Waals surface area contributed by atoms with Crippen LogP contribution in [0.3, 0.4) is 0 Å². The van der Waals surface area contributed by atoms with Gasteiger partial charge in [0, 0.05) is 0 Å². The summed E-state index contributed by atoms with van der Waals surface area (Å²) in [5.74, 6) is 0. The van der Waals surface area contributed by atoms with Crippen LogP contribution in [0.15, 0.2) is 0 Å². The zero-order valence-corrected chi connectivity index (χ0v) is 5.24. The fourth-order valence-electron chi connectivity index (χ4n) is 0.446. The largest absolute Gasteiger partial charge is 0.465 e. The van der Waals surface area contributed by atoms with Gasteiger partial charge in [-0.15, -0.1) is 0 Å². The van der Waals surface area contributed by atoms with Gasteiger partial charge in [0.1, 0.15) is 0 Å². The van der Waals surface area contributed by atoms with E-state index < -0.39 is 12.1 Å². The molecule has 0 aliphatic rings. The first-order valence-corrected chi connectivity index (χ1v) is 2.68. The number of rotatable bonds is 3. The number of amides is 1. The van der Waals surface area contributed by atoms with Crippen LogP contribution in [-0.4, -0.2) is 29.0 Å². The van der Waals surface area contributed by atoms with E-state index in [9.17, 15) is 4.79 Å². The lowest BCUT2D eigenvalue weighted by atomic mass is 10.2. The molecule has 0 aromatic carbocycles. The highest BCUT2D eigenvalue weighted by Gasteiger charge is 2.07. The summed E-state index contributed by atoms with van der Waals surface area (Å²) in [6.45, 7) is -0.347. The Bertz CT molecular complexity index is 151. The maximum atomic E-state index is 9.91. The zero-order valence-electron chi connectivity index (χ0n) is 5.24. The molecule has 1 amide bonds. The number of aliphatic hydroxyl groups is 1. The van der Waals surface area contributed by atoms with E-state index in [-0.39, 0.29) is 13.0 Å². The van der Waals surface area contributed by atoms with Crippen molar-refractivity contribution in [2.75, 3.05) is 6.61 Å². The van der Waals surface area contributed by atoms with Crippen molar-refractivity contribution in [1.82, 2.24) is 5.32 Å². The van der Waals surface area contributed by atoms with E-state index in [1.807, 2.05) is 5.32 Å². The van der Waals surface area contributed by atoms with Crippen molar-refractivity contribution >= 4 is 6.09 Å². The molecular formula is C5H8N2O3. The van der Waals surface area contributed by atoms with Crippen LogP contribution in [0.4, 0.5) is 4.79 Å². The minimum absolute atomic E-state index is 0.0111. The number of aliphatic hydroxyl groups excluding tert-OH is 1. The summed E-state index contributed by atoms with van der Waals surface area (Å²) in [5.41, 5.74) is 0. The third-order valence-electron chi connectivity index (χ3n) is 0.886. The van der Waals surface area contributed by atoms with E-state index in [1.165, 1.54) is 0 Å². The highest BCUT2D eigenvalue weighted by molar-refractivity contribution is 5.64. The minimum Gasteiger partial charge on any atom is -0.465 e. The summed E-state index contributed by atoms with van der Waals surface area (Å²) in [6.07, 6.45) is -1.24. The molecule has 0 aliphatic carbocycles. The maximum absolute atomic E-state index is 9.91. The number of nitrogens with one attached hydrogen (secondary N) is 1. The lowest BCUT2D eigenvalue weighted by Crippen LogP contribution is -2.35. The summed E-state index contributed by atoms with van der Waals surface area (Å²) in [6, 6.07) is 1.07. The first-order chi connectivity index (χ1) is 4.70. The molecule has 0 unspecified atom stereocenters. The van der Waals surface area contributed by atoms with Crippen LogP contribution in [0.2, 0.25) is 0 Å². The van der Waals surface area contributed by atoms with Gasteiger partial charge in [-0.3, -0.25) is 0 Å². The van der Waals surface area contributed by atoms with Crippen LogP contribution < -0.4 is 5.32 Å². The Morgan fingerprint density at radius 2 is 2.40 bits per heavy atom. The molecule has 0 radical (unpaired) electrons. The lowest BCUT2D eigenvalue weighted by Gasteiger charge is -2.08. The molecule has 0 fully saturated rings. The molecular weight excluding hydrogens is 136 g/mol. The predicted molar refractivity (Wildman–Crippen MR) is 32.3 cm³/mol. The number of hydrogen-bond acceptors (Lipinski definition) is 3. The van der Waals surface area contributed by atoms with Crippen LogP contribution in [0.5, 0.6) is 0 Å². The van der Waals surface area contributed by atoms with Crippen molar-refractivity contribution in [3.05, 3.63) is 0 Å². The standard InChI is InChI=1S/C5H8N2O3/c6-2-1-4(3-8)7-5(9)10/h4,7-8H,1,3H2,(H,9,10)/t4-/m0/s1. The lowest BCUT2D eigenvalue weighted by molar-refractivity contribution is 0.178. The smallest absolute Gasteiger partial charge is 0.404 e. The van der Waals surface area contributed by atoms with E-state index in [2.05, 4.69) is 0 Å². The average molecular weight is 144 g/mol. The Balaban J connectivity index is 3.62. The van der Waals surface area contributed by atoms with Crippen molar-refractivity contribution < 1.29 is 15.0 Å². The average Bonchev–Trinajstić information content (AvgIpc) is 1.86. The van der Waals surface area contributed by atoms with Gasteiger partial charge in [0.15, 0.2) is 0 Å². The predicted octanol–water partition coefficient (Wildman–Crippen LogP) is -0.471. The van der Waals surface area contributed by atoms with Gasteiger partial charge in [0.25, 0.3) is 0 Å². The summed E-state index contributed by atoms with van der Waals surface area (Å²) in [7, 11) is 0. The van der Waals surface area contributed by atoms with Crippen molar-refractivity contribution in [3.63, 3.8) is 0 Å². The van der Waals surface area contributed by atoms with Crippen LogP contribution in [0.25, 0.3) is 0 Å². The quantitative estimate of drug-likeness (QED) is 0.499. The molecule has 0 rings (SSSR count). The minimum atomic E-state index is -1.23. The van der Waals surface area contributed by atoms with Crippen LogP contribution in [0.1, 0.15) is 6.42 Å². The summed E-state index contributed by atoms with van der Waals surface area (Å²) in [4.78, 5) is 9.91. The van der Waals surface area contributed by atoms with Gasteiger partial charge in [-0.25, -0.2) is 4.79 Å². The second-order valence-corrected chi connectivity index (χ2v) is 1.69. The molecule has 56 valence electrons. The molecule has 10 heavy (non-hydrogen) atoms. The first kappa shape index (κ1) is 8.72. The molecule has 5 heteroatoms. The van der Waals surface area contributed by atoms with Crippen LogP contribution in [0, 0.1) is 11.3 Å². The Morgan fingerprint density at radius 3 is 2.70 bits per heavy atom. The molecule has 0 saturated carbocycles. The Kier molecular flexibility index (Phi) is 4.00. The van der Waals surface area contributed by atoms with E-state index >= 15 is 0 Å². The van der Waals surface area contributed by atoms with Gasteiger partial charge in [-0.1, -0.05) is 0 Å². The molecule has 0 saturated heterocycles. The van der Waals surface area contributed by atoms with Gasteiger partial charge in [-0.05, 0) is 0 Å². The number of hydrogen-bond donors (Lipinski definition) is 3. The van der Waals surface area contributed by atoms with E-state index in [1.54, 1.807) is 6.07 Å². The van der Waals surface area contributed by atoms with Gasteiger partial charge in [0.05, 0.1) is 25.1 Å². The molecule has 0 heterocycles. The second kappa shape index (κ2) is 4.58. The van der Waals surface area contributed by atoms with Gasteiger partial charge >= 0.3 is 6.09 Å². The fourth-order valence-corrected chi connectivity index (χ4v) is 0.446. The van der Waals surface area contributed by atoms with E-state index in [0.29, 0.717) is 0 Å². The molecule has 3 N–H and O–H groups in total. The molecule has 0 spiro atoms. The van der Waals surface area contributed by atoms with Gasteiger partial charge in [0.2, 0.25) is 0 Å². The van der Waals surface area contributed by atoms with E-state index in [0.717, 1.165) is 0 Å². The third-order valence-corrected chi connectivity index (χ3v) is 0.886. The van der Waals surface area contributed by atoms with Crippen molar-refractivity contribution in [3.8, 4) is 6.07 Å². The van der Waals surface area contributed by atoms with Crippen molar-refractivity contribution in [1.29, 1.82) is 5.26 Å². The topological polar surface area (TPSA) is 93.4 Å². The van der Waals surface area contributed by atoms with Crippen LogP contribution in [-0.2, 0) is 0 Å². The fraction of sp³-hybridized carbons (Fsp3) is 0.600. The monoisotopic (exact) mass is 144 g/mol. The molecule has 1 atom stereocenters. The second-order valence-electron chi connectivity index (χ2n) is 1.69. The summed E-state index contributed by atoms with van der Waals surface area (Å²) >= 11 is 0. The third kappa shape index (κ3) is 3.69.